The van der Waals surface area contributed by atoms with Crippen molar-refractivity contribution in [2.45, 2.75) is 32.2 Å². The van der Waals surface area contributed by atoms with Crippen molar-refractivity contribution in [2.24, 2.45) is 0 Å². The molecule has 0 saturated heterocycles. The molecule has 1 heterocycles. The lowest BCUT2D eigenvalue weighted by Gasteiger charge is -2.29. The van der Waals surface area contributed by atoms with Crippen LogP contribution in [0.2, 0.25) is 0 Å². The van der Waals surface area contributed by atoms with Gasteiger partial charge in [0.05, 0.1) is 21.3 Å². The molecule has 3 rings (SSSR count). The normalized spacial score (nSPS) is 12.9. The highest BCUT2D eigenvalue weighted by Gasteiger charge is 2.22. The third kappa shape index (κ3) is 4.88. The SMILES string of the molecule is COc1ccc(C(=O)CCCC(=O)N2CCc3cc(OC)c(OC)cc3C2)cc1. The van der Waals surface area contributed by atoms with Crippen LogP contribution in [0.3, 0.4) is 0 Å². The van der Waals surface area contributed by atoms with E-state index in [-0.39, 0.29) is 11.7 Å². The van der Waals surface area contributed by atoms with E-state index in [9.17, 15) is 9.59 Å². The second-order valence-electron chi connectivity index (χ2n) is 7.05. The van der Waals surface area contributed by atoms with Crippen molar-refractivity contribution in [1.82, 2.24) is 4.90 Å². The standard InChI is InChI=1S/C23H27NO5/c1-27-19-9-7-16(8-10-19)20(25)5-4-6-23(26)24-12-11-17-13-21(28-2)22(29-3)14-18(17)15-24/h7-10,13-14H,4-6,11-12,15H2,1-3H3. The number of rotatable bonds is 8. The molecule has 0 radical (unpaired) electrons. The fourth-order valence-electron chi connectivity index (χ4n) is 3.58. The highest BCUT2D eigenvalue weighted by atomic mass is 16.5. The summed E-state index contributed by atoms with van der Waals surface area (Å²) in [5.74, 6) is 2.22. The van der Waals surface area contributed by atoms with Crippen molar-refractivity contribution in [1.29, 1.82) is 0 Å². The first-order chi connectivity index (χ1) is 14.0. The molecule has 0 fully saturated rings. The van der Waals surface area contributed by atoms with Gasteiger partial charge in [0.15, 0.2) is 17.3 Å². The first kappa shape index (κ1) is 20.7. The third-order valence-corrected chi connectivity index (χ3v) is 5.28. The van der Waals surface area contributed by atoms with Gasteiger partial charge >= 0.3 is 0 Å². The average Bonchev–Trinajstić information content (AvgIpc) is 2.77. The fourth-order valence-corrected chi connectivity index (χ4v) is 3.58. The Balaban J connectivity index is 1.53. The van der Waals surface area contributed by atoms with Gasteiger partial charge in [0.2, 0.25) is 5.91 Å². The van der Waals surface area contributed by atoms with E-state index in [1.54, 1.807) is 45.6 Å². The number of ether oxygens (including phenoxy) is 3. The molecular formula is C23H27NO5. The van der Waals surface area contributed by atoms with E-state index < -0.39 is 0 Å². The van der Waals surface area contributed by atoms with Crippen LogP contribution >= 0.6 is 0 Å². The predicted octanol–water partition coefficient (Wildman–Crippen LogP) is 3.65. The summed E-state index contributed by atoms with van der Waals surface area (Å²) in [7, 11) is 4.82. The van der Waals surface area contributed by atoms with Crippen molar-refractivity contribution in [3.05, 3.63) is 53.1 Å². The van der Waals surface area contributed by atoms with Crippen LogP contribution in [0.1, 0.15) is 40.7 Å². The Bertz CT molecular complexity index is 876. The maximum atomic E-state index is 12.6. The van der Waals surface area contributed by atoms with Crippen LogP contribution in [-0.2, 0) is 17.8 Å². The van der Waals surface area contributed by atoms with Gasteiger partial charge in [-0.2, -0.15) is 0 Å². The summed E-state index contributed by atoms with van der Waals surface area (Å²) in [6.45, 7) is 1.23. The first-order valence-corrected chi connectivity index (χ1v) is 9.74. The number of hydrogen-bond acceptors (Lipinski definition) is 5. The Labute approximate surface area is 171 Å². The highest BCUT2D eigenvalue weighted by molar-refractivity contribution is 5.96. The van der Waals surface area contributed by atoms with Crippen molar-refractivity contribution < 1.29 is 23.8 Å². The number of methoxy groups -OCH3 is 3. The molecule has 29 heavy (non-hydrogen) atoms. The minimum atomic E-state index is 0.0428. The van der Waals surface area contributed by atoms with Crippen molar-refractivity contribution >= 4 is 11.7 Å². The summed E-state index contributed by atoms with van der Waals surface area (Å²) < 4.78 is 15.8. The van der Waals surface area contributed by atoms with Crippen LogP contribution in [0.25, 0.3) is 0 Å². The molecule has 0 aliphatic carbocycles. The van der Waals surface area contributed by atoms with Gasteiger partial charge in [0.25, 0.3) is 0 Å². The summed E-state index contributed by atoms with van der Waals surface area (Å²) in [5, 5.41) is 0. The second-order valence-corrected chi connectivity index (χ2v) is 7.05. The quantitative estimate of drug-likeness (QED) is 0.636. The molecule has 0 unspecified atom stereocenters. The summed E-state index contributed by atoms with van der Waals surface area (Å²) >= 11 is 0. The molecule has 6 heteroatoms. The number of hydrogen-bond donors (Lipinski definition) is 0. The maximum Gasteiger partial charge on any atom is 0.222 e. The van der Waals surface area contributed by atoms with Gasteiger partial charge in [-0.05, 0) is 60.4 Å². The fraction of sp³-hybridized carbons (Fsp3) is 0.391. The van der Waals surface area contributed by atoms with E-state index in [1.165, 1.54) is 5.56 Å². The van der Waals surface area contributed by atoms with Gasteiger partial charge in [-0.3, -0.25) is 9.59 Å². The first-order valence-electron chi connectivity index (χ1n) is 9.74. The molecule has 0 bridgehead atoms. The summed E-state index contributed by atoms with van der Waals surface area (Å²) in [4.78, 5) is 26.8. The zero-order valence-electron chi connectivity index (χ0n) is 17.2. The molecule has 6 nitrogen and oxygen atoms in total. The van der Waals surface area contributed by atoms with Crippen LogP contribution < -0.4 is 14.2 Å². The van der Waals surface area contributed by atoms with Crippen molar-refractivity contribution in [3.63, 3.8) is 0 Å². The Hall–Kier alpha value is -3.02. The van der Waals surface area contributed by atoms with E-state index in [0.29, 0.717) is 49.4 Å². The van der Waals surface area contributed by atoms with Crippen LogP contribution in [0.4, 0.5) is 0 Å². The average molecular weight is 397 g/mol. The van der Waals surface area contributed by atoms with Gasteiger partial charge in [0.1, 0.15) is 5.75 Å². The van der Waals surface area contributed by atoms with Crippen molar-refractivity contribution in [2.75, 3.05) is 27.9 Å². The highest BCUT2D eigenvalue weighted by Crippen LogP contribution is 2.33. The largest absolute Gasteiger partial charge is 0.497 e. The van der Waals surface area contributed by atoms with Gasteiger partial charge in [-0.25, -0.2) is 0 Å². The van der Waals surface area contributed by atoms with E-state index in [4.69, 9.17) is 14.2 Å². The lowest BCUT2D eigenvalue weighted by Crippen LogP contribution is -2.35. The van der Waals surface area contributed by atoms with Crippen molar-refractivity contribution in [3.8, 4) is 17.2 Å². The van der Waals surface area contributed by atoms with Gasteiger partial charge in [-0.1, -0.05) is 0 Å². The molecule has 0 aromatic heterocycles. The minimum absolute atomic E-state index is 0.0428. The Morgan fingerprint density at radius 1 is 0.897 bits per heavy atom. The Morgan fingerprint density at radius 2 is 1.55 bits per heavy atom. The molecule has 0 saturated carbocycles. The number of Topliss-reactive ketones (excluding diaryl/α,β-unsaturated/α-hetero) is 1. The third-order valence-electron chi connectivity index (χ3n) is 5.28. The molecular weight excluding hydrogens is 370 g/mol. The monoisotopic (exact) mass is 397 g/mol. The smallest absolute Gasteiger partial charge is 0.222 e. The Morgan fingerprint density at radius 3 is 2.17 bits per heavy atom. The summed E-state index contributed by atoms with van der Waals surface area (Å²) in [6, 6.07) is 11.0. The summed E-state index contributed by atoms with van der Waals surface area (Å²) in [6.07, 6.45) is 2.04. The molecule has 2 aromatic carbocycles. The molecule has 1 aliphatic heterocycles. The maximum absolute atomic E-state index is 12.6. The van der Waals surface area contributed by atoms with E-state index in [1.807, 2.05) is 17.0 Å². The van der Waals surface area contributed by atoms with Crippen LogP contribution in [0.15, 0.2) is 36.4 Å². The summed E-state index contributed by atoms with van der Waals surface area (Å²) in [5.41, 5.74) is 2.91. The number of nitrogens with zero attached hydrogens (tertiary/aromatic N) is 1. The van der Waals surface area contributed by atoms with Gasteiger partial charge in [-0.15, -0.1) is 0 Å². The van der Waals surface area contributed by atoms with E-state index >= 15 is 0 Å². The molecule has 154 valence electrons. The molecule has 0 spiro atoms. The van der Waals surface area contributed by atoms with E-state index in [0.717, 1.165) is 17.7 Å². The molecule has 0 atom stereocenters. The number of benzene rings is 2. The van der Waals surface area contributed by atoms with Crippen LogP contribution in [-0.4, -0.2) is 44.5 Å². The molecule has 1 amide bonds. The lowest BCUT2D eigenvalue weighted by molar-refractivity contribution is -0.132. The number of carbonyl (C=O) groups is 2. The van der Waals surface area contributed by atoms with Gasteiger partial charge in [0, 0.05) is 31.5 Å². The predicted molar refractivity (Wildman–Crippen MR) is 110 cm³/mol. The number of ketones is 1. The minimum Gasteiger partial charge on any atom is -0.497 e. The molecule has 2 aromatic rings. The zero-order valence-corrected chi connectivity index (χ0v) is 17.2. The van der Waals surface area contributed by atoms with Crippen LogP contribution in [0, 0.1) is 0 Å². The van der Waals surface area contributed by atoms with Crippen LogP contribution in [0.5, 0.6) is 17.2 Å². The Kier molecular flexibility index (Phi) is 6.75. The topological polar surface area (TPSA) is 65.1 Å². The second kappa shape index (κ2) is 9.45. The van der Waals surface area contributed by atoms with Gasteiger partial charge < -0.3 is 19.1 Å². The number of amides is 1. The number of fused-ring (bicyclic) bond motifs is 1. The zero-order chi connectivity index (χ0) is 20.8. The van der Waals surface area contributed by atoms with E-state index in [2.05, 4.69) is 0 Å². The lowest BCUT2D eigenvalue weighted by atomic mass is 9.98. The molecule has 1 aliphatic rings. The molecule has 0 N–H and O–H groups in total. The number of carbonyl (C=O) groups excluding carboxylic acids is 2.